The van der Waals surface area contributed by atoms with Crippen LogP contribution < -0.4 is 0 Å². The van der Waals surface area contributed by atoms with Crippen LogP contribution in [0.4, 0.5) is 13.2 Å². The second-order valence-corrected chi connectivity index (χ2v) is 5.61. The van der Waals surface area contributed by atoms with Gasteiger partial charge in [0.25, 0.3) is 0 Å². The zero-order chi connectivity index (χ0) is 15.7. The molecule has 0 spiro atoms. The third kappa shape index (κ3) is 3.08. The number of alkyl halides is 3. The highest BCUT2D eigenvalue weighted by atomic mass is 19.4. The number of carbonyl (C=O) groups is 1. The summed E-state index contributed by atoms with van der Waals surface area (Å²) in [7, 11) is 0. The average molecular weight is 319 g/mol. The molecular weight excluding hydrogens is 303 g/mol. The van der Waals surface area contributed by atoms with Crippen molar-refractivity contribution in [3.63, 3.8) is 0 Å². The molecule has 0 radical (unpaired) electrons. The van der Waals surface area contributed by atoms with Gasteiger partial charge in [-0.3, -0.25) is 4.79 Å². The molecule has 6 nitrogen and oxygen atoms in total. The Hall–Kier alpha value is -1.64. The molecule has 122 valence electrons. The van der Waals surface area contributed by atoms with E-state index in [1.54, 1.807) is 4.90 Å². The lowest BCUT2D eigenvalue weighted by molar-refractivity contribution is -0.159. The Bertz CT molecular complexity index is 540. The molecule has 1 aromatic heterocycles. The zero-order valence-corrected chi connectivity index (χ0v) is 11.8. The maximum absolute atomic E-state index is 12.5. The molecule has 2 saturated heterocycles. The largest absolute Gasteiger partial charge is 0.471 e. The molecule has 3 rings (SSSR count). The Morgan fingerprint density at radius 1 is 1.23 bits per heavy atom. The van der Waals surface area contributed by atoms with Crippen molar-refractivity contribution in [2.75, 3.05) is 26.3 Å². The number of hydrogen-bond donors (Lipinski definition) is 0. The molecule has 1 amide bonds. The SMILES string of the molecule is O=C(C1CCOCC1)N1CC[C@H](c2noc(C(F)(F)F)n2)C1. The second kappa shape index (κ2) is 5.86. The minimum absolute atomic E-state index is 0.0228. The fourth-order valence-electron chi connectivity index (χ4n) is 2.89. The van der Waals surface area contributed by atoms with E-state index in [2.05, 4.69) is 14.7 Å². The predicted molar refractivity (Wildman–Crippen MR) is 66.8 cm³/mol. The Kier molecular flexibility index (Phi) is 4.07. The number of carbonyl (C=O) groups excluding carboxylic acids is 1. The summed E-state index contributed by atoms with van der Waals surface area (Å²) < 4.78 is 46.9. The van der Waals surface area contributed by atoms with Crippen molar-refractivity contribution in [2.45, 2.75) is 31.4 Å². The highest BCUT2D eigenvalue weighted by molar-refractivity contribution is 5.79. The normalized spacial score (nSPS) is 24.0. The Labute approximate surface area is 124 Å². The van der Waals surface area contributed by atoms with Gasteiger partial charge in [0, 0.05) is 38.1 Å². The maximum Gasteiger partial charge on any atom is 0.471 e. The summed E-state index contributed by atoms with van der Waals surface area (Å²) in [4.78, 5) is 17.5. The number of ether oxygens (including phenoxy) is 1. The summed E-state index contributed by atoms with van der Waals surface area (Å²) in [6.45, 7) is 2.00. The Balaban J connectivity index is 1.62. The summed E-state index contributed by atoms with van der Waals surface area (Å²) in [5.41, 5.74) is 0. The zero-order valence-electron chi connectivity index (χ0n) is 11.8. The molecule has 9 heteroatoms. The molecule has 0 saturated carbocycles. The van der Waals surface area contributed by atoms with Crippen LogP contribution in [0, 0.1) is 5.92 Å². The van der Waals surface area contributed by atoms with Gasteiger partial charge in [-0.25, -0.2) is 0 Å². The molecule has 0 aromatic carbocycles. The van der Waals surface area contributed by atoms with Crippen LogP contribution >= 0.6 is 0 Å². The van der Waals surface area contributed by atoms with Gasteiger partial charge in [-0.05, 0) is 19.3 Å². The molecule has 3 heterocycles. The lowest BCUT2D eigenvalue weighted by Gasteiger charge is -2.26. The fraction of sp³-hybridized carbons (Fsp3) is 0.769. The lowest BCUT2D eigenvalue weighted by atomic mass is 9.99. The van der Waals surface area contributed by atoms with Gasteiger partial charge in [-0.15, -0.1) is 0 Å². The lowest BCUT2D eigenvalue weighted by Crippen LogP contribution is -2.37. The number of amides is 1. The van der Waals surface area contributed by atoms with E-state index in [1.807, 2.05) is 0 Å². The van der Waals surface area contributed by atoms with Crippen molar-refractivity contribution in [1.29, 1.82) is 0 Å². The van der Waals surface area contributed by atoms with Crippen LogP contribution in [0.15, 0.2) is 4.52 Å². The minimum atomic E-state index is -4.64. The number of likely N-dealkylation sites (tertiary alicyclic amines) is 1. The first-order chi connectivity index (χ1) is 10.4. The average Bonchev–Trinajstić information content (AvgIpc) is 3.15. The van der Waals surface area contributed by atoms with E-state index in [1.165, 1.54) is 0 Å². The number of aromatic nitrogens is 2. The van der Waals surface area contributed by atoms with Crippen LogP contribution in [0.3, 0.4) is 0 Å². The second-order valence-electron chi connectivity index (χ2n) is 5.61. The first-order valence-electron chi connectivity index (χ1n) is 7.22. The van der Waals surface area contributed by atoms with E-state index in [4.69, 9.17) is 4.74 Å². The monoisotopic (exact) mass is 319 g/mol. The standard InChI is InChI=1S/C13H16F3N3O3/c14-13(15,16)12-17-10(18-22-12)9-1-4-19(7-9)11(20)8-2-5-21-6-3-8/h8-9H,1-7H2/t9-/m0/s1. The van der Waals surface area contributed by atoms with E-state index >= 15 is 0 Å². The van der Waals surface area contributed by atoms with E-state index in [0.717, 1.165) is 0 Å². The van der Waals surface area contributed by atoms with Crippen LogP contribution in [0.2, 0.25) is 0 Å². The molecule has 0 bridgehead atoms. The Morgan fingerprint density at radius 2 is 1.95 bits per heavy atom. The number of nitrogens with zero attached hydrogens (tertiary/aromatic N) is 3. The number of hydrogen-bond acceptors (Lipinski definition) is 5. The van der Waals surface area contributed by atoms with E-state index in [9.17, 15) is 18.0 Å². The molecule has 2 aliphatic rings. The van der Waals surface area contributed by atoms with Crippen LogP contribution in [0.1, 0.15) is 36.9 Å². The van der Waals surface area contributed by atoms with Crippen LogP contribution in [-0.2, 0) is 15.7 Å². The van der Waals surface area contributed by atoms with Crippen molar-refractivity contribution >= 4 is 5.91 Å². The van der Waals surface area contributed by atoms with Gasteiger partial charge < -0.3 is 14.2 Å². The summed E-state index contributed by atoms with van der Waals surface area (Å²) in [6, 6.07) is 0. The van der Waals surface area contributed by atoms with Crippen molar-refractivity contribution in [3.8, 4) is 0 Å². The van der Waals surface area contributed by atoms with Gasteiger partial charge in [-0.1, -0.05) is 5.16 Å². The summed E-state index contributed by atoms with van der Waals surface area (Å²) in [5, 5.41) is 3.41. The molecule has 0 unspecified atom stereocenters. The van der Waals surface area contributed by atoms with Gasteiger partial charge >= 0.3 is 12.1 Å². The molecule has 1 aromatic rings. The maximum atomic E-state index is 12.5. The quantitative estimate of drug-likeness (QED) is 0.832. The molecular formula is C13H16F3N3O3. The highest BCUT2D eigenvalue weighted by Crippen LogP contribution is 2.32. The van der Waals surface area contributed by atoms with Gasteiger partial charge in [0.15, 0.2) is 5.82 Å². The van der Waals surface area contributed by atoms with Crippen molar-refractivity contribution in [3.05, 3.63) is 11.7 Å². The minimum Gasteiger partial charge on any atom is -0.381 e. The van der Waals surface area contributed by atoms with Gasteiger partial charge in [0.1, 0.15) is 0 Å². The highest BCUT2D eigenvalue weighted by Gasteiger charge is 2.40. The molecule has 2 fully saturated rings. The third-order valence-electron chi connectivity index (χ3n) is 4.12. The topological polar surface area (TPSA) is 68.5 Å². The molecule has 22 heavy (non-hydrogen) atoms. The summed E-state index contributed by atoms with van der Waals surface area (Å²) in [5.74, 6) is -1.62. The molecule has 1 atom stereocenters. The van der Waals surface area contributed by atoms with Crippen LogP contribution in [0.25, 0.3) is 0 Å². The van der Waals surface area contributed by atoms with Gasteiger partial charge in [-0.2, -0.15) is 18.2 Å². The number of rotatable bonds is 2. The van der Waals surface area contributed by atoms with E-state index in [-0.39, 0.29) is 23.6 Å². The summed E-state index contributed by atoms with van der Waals surface area (Å²) >= 11 is 0. The van der Waals surface area contributed by atoms with E-state index in [0.29, 0.717) is 45.6 Å². The van der Waals surface area contributed by atoms with Gasteiger partial charge in [0.2, 0.25) is 5.91 Å². The first-order valence-corrected chi connectivity index (χ1v) is 7.22. The third-order valence-corrected chi connectivity index (χ3v) is 4.12. The first kappa shape index (κ1) is 15.3. The van der Waals surface area contributed by atoms with Crippen LogP contribution in [0.5, 0.6) is 0 Å². The smallest absolute Gasteiger partial charge is 0.381 e. The molecule has 0 N–H and O–H groups in total. The van der Waals surface area contributed by atoms with Crippen molar-refractivity contribution in [2.24, 2.45) is 5.92 Å². The molecule has 2 aliphatic heterocycles. The van der Waals surface area contributed by atoms with Crippen molar-refractivity contribution in [1.82, 2.24) is 15.0 Å². The summed E-state index contributed by atoms with van der Waals surface area (Å²) in [6.07, 6.45) is -2.70. The predicted octanol–water partition coefficient (Wildman–Crippen LogP) is 1.83. The molecule has 0 aliphatic carbocycles. The van der Waals surface area contributed by atoms with Crippen molar-refractivity contribution < 1.29 is 27.2 Å². The number of halogens is 3. The van der Waals surface area contributed by atoms with Gasteiger partial charge in [0.05, 0.1) is 0 Å². The van der Waals surface area contributed by atoms with Crippen LogP contribution in [-0.4, -0.2) is 47.3 Å². The Morgan fingerprint density at radius 3 is 2.59 bits per heavy atom. The fourth-order valence-corrected chi connectivity index (χ4v) is 2.89. The van der Waals surface area contributed by atoms with E-state index < -0.39 is 12.1 Å².